The molecule has 2 aromatic carbocycles. The highest BCUT2D eigenvalue weighted by Crippen LogP contribution is 2.35. The van der Waals surface area contributed by atoms with Gasteiger partial charge < -0.3 is 15.2 Å². The third-order valence-corrected chi connectivity index (χ3v) is 6.91. The Kier molecular flexibility index (Phi) is 5.71. The molecule has 0 radical (unpaired) electrons. The van der Waals surface area contributed by atoms with Crippen LogP contribution >= 0.6 is 0 Å². The van der Waals surface area contributed by atoms with Crippen molar-refractivity contribution in [2.45, 2.75) is 42.6 Å². The standard InChI is InChI=1S/C21H22F2N2O5S/c1-31(28,29)16-4-2-12-9-25(10-13(12)6-16)15-8-19(24-21(26)27)20(30-11-15)17-7-14(22)3-5-18(17)23/h2-7,15,19-20,24H,8-11H2,1H3,(H,26,27)/t15-,19+,20?/m1/s1. The summed E-state index contributed by atoms with van der Waals surface area (Å²) >= 11 is 0. The van der Waals surface area contributed by atoms with Crippen LogP contribution in [0.3, 0.4) is 0 Å². The monoisotopic (exact) mass is 452 g/mol. The van der Waals surface area contributed by atoms with Gasteiger partial charge in [-0.15, -0.1) is 0 Å². The van der Waals surface area contributed by atoms with Crippen molar-refractivity contribution in [3.63, 3.8) is 0 Å². The molecular formula is C21H22F2N2O5S. The maximum absolute atomic E-state index is 14.3. The van der Waals surface area contributed by atoms with Gasteiger partial charge in [-0.3, -0.25) is 4.90 Å². The summed E-state index contributed by atoms with van der Waals surface area (Å²) < 4.78 is 57.5. The molecule has 1 unspecified atom stereocenters. The minimum Gasteiger partial charge on any atom is -0.465 e. The number of ether oxygens (including phenoxy) is 1. The number of carboxylic acid groups (broad SMARTS) is 1. The van der Waals surface area contributed by atoms with Crippen molar-refractivity contribution >= 4 is 15.9 Å². The Morgan fingerprint density at radius 2 is 1.90 bits per heavy atom. The van der Waals surface area contributed by atoms with Crippen molar-refractivity contribution in [2.24, 2.45) is 0 Å². The highest BCUT2D eigenvalue weighted by molar-refractivity contribution is 7.90. The van der Waals surface area contributed by atoms with Crippen molar-refractivity contribution in [3.05, 3.63) is 64.7 Å². The van der Waals surface area contributed by atoms with Gasteiger partial charge >= 0.3 is 6.09 Å². The number of nitrogens with zero attached hydrogens (tertiary/aromatic N) is 1. The number of rotatable bonds is 4. The highest BCUT2D eigenvalue weighted by atomic mass is 32.2. The summed E-state index contributed by atoms with van der Waals surface area (Å²) in [6, 6.07) is 7.08. The lowest BCUT2D eigenvalue weighted by atomic mass is 9.92. The molecule has 0 aromatic heterocycles. The molecule has 0 saturated carbocycles. The van der Waals surface area contributed by atoms with Crippen molar-refractivity contribution in [1.82, 2.24) is 10.2 Å². The number of fused-ring (bicyclic) bond motifs is 1. The number of halogens is 2. The van der Waals surface area contributed by atoms with Crippen LogP contribution in [0.15, 0.2) is 41.3 Å². The van der Waals surface area contributed by atoms with Crippen LogP contribution in [0.5, 0.6) is 0 Å². The van der Waals surface area contributed by atoms with E-state index in [9.17, 15) is 27.1 Å². The molecule has 0 aliphatic carbocycles. The summed E-state index contributed by atoms with van der Waals surface area (Å²) in [5.74, 6) is -1.29. The molecule has 4 rings (SSSR count). The zero-order chi connectivity index (χ0) is 22.3. The van der Waals surface area contributed by atoms with E-state index in [0.29, 0.717) is 19.5 Å². The number of sulfone groups is 1. The zero-order valence-electron chi connectivity index (χ0n) is 16.7. The Morgan fingerprint density at radius 1 is 1.16 bits per heavy atom. The first-order valence-corrected chi connectivity index (χ1v) is 11.6. The van der Waals surface area contributed by atoms with E-state index in [1.165, 1.54) is 0 Å². The quantitative estimate of drug-likeness (QED) is 0.741. The van der Waals surface area contributed by atoms with Gasteiger partial charge in [-0.25, -0.2) is 22.0 Å². The normalized spacial score (nSPS) is 24.0. The number of hydrogen-bond donors (Lipinski definition) is 2. The largest absolute Gasteiger partial charge is 0.465 e. The molecule has 1 fully saturated rings. The first kappa shape index (κ1) is 21.7. The zero-order valence-corrected chi connectivity index (χ0v) is 17.5. The predicted molar refractivity (Wildman–Crippen MR) is 107 cm³/mol. The number of carbonyl (C=O) groups is 1. The summed E-state index contributed by atoms with van der Waals surface area (Å²) in [5.41, 5.74) is 1.86. The molecule has 1 saturated heterocycles. The molecule has 3 atom stereocenters. The average Bonchev–Trinajstić information content (AvgIpc) is 3.12. The van der Waals surface area contributed by atoms with Crippen molar-refractivity contribution in [2.75, 3.05) is 12.9 Å². The number of hydrogen-bond acceptors (Lipinski definition) is 5. The molecule has 2 aromatic rings. The topological polar surface area (TPSA) is 95.9 Å². The van der Waals surface area contributed by atoms with E-state index in [1.54, 1.807) is 18.2 Å². The van der Waals surface area contributed by atoms with Crippen LogP contribution < -0.4 is 5.32 Å². The summed E-state index contributed by atoms with van der Waals surface area (Å²) in [5, 5.41) is 11.6. The molecule has 2 aliphatic heterocycles. The van der Waals surface area contributed by atoms with E-state index >= 15 is 0 Å². The van der Waals surface area contributed by atoms with E-state index < -0.39 is 39.7 Å². The van der Waals surface area contributed by atoms with Gasteiger partial charge in [-0.1, -0.05) is 6.07 Å². The van der Waals surface area contributed by atoms with Gasteiger partial charge in [0.05, 0.1) is 17.5 Å². The van der Waals surface area contributed by atoms with Gasteiger partial charge in [0.1, 0.15) is 17.7 Å². The predicted octanol–water partition coefficient (Wildman–Crippen LogP) is 2.85. The smallest absolute Gasteiger partial charge is 0.404 e. The second-order valence-electron chi connectivity index (χ2n) is 7.97. The van der Waals surface area contributed by atoms with Crippen molar-refractivity contribution in [3.8, 4) is 0 Å². The van der Waals surface area contributed by atoms with Crippen molar-refractivity contribution < 1.29 is 31.8 Å². The molecule has 1 amide bonds. The lowest BCUT2D eigenvalue weighted by Crippen LogP contribution is -2.51. The Hall–Kier alpha value is -2.56. The maximum Gasteiger partial charge on any atom is 0.404 e. The number of nitrogens with one attached hydrogen (secondary N) is 1. The van der Waals surface area contributed by atoms with E-state index in [2.05, 4.69) is 10.2 Å². The van der Waals surface area contributed by atoms with Crippen LogP contribution in [0.2, 0.25) is 0 Å². The van der Waals surface area contributed by atoms with E-state index in [4.69, 9.17) is 4.74 Å². The molecule has 166 valence electrons. The van der Waals surface area contributed by atoms with Gasteiger partial charge in [-0.2, -0.15) is 0 Å². The molecular weight excluding hydrogens is 430 g/mol. The first-order chi connectivity index (χ1) is 14.6. The Morgan fingerprint density at radius 3 is 2.61 bits per heavy atom. The fourth-order valence-corrected chi connectivity index (χ4v) is 4.96. The fraction of sp³-hybridized carbons (Fsp3) is 0.381. The molecule has 2 aliphatic rings. The minimum atomic E-state index is -3.32. The summed E-state index contributed by atoms with van der Waals surface area (Å²) in [6.07, 6.45) is -0.743. The third kappa shape index (κ3) is 4.56. The average molecular weight is 452 g/mol. The third-order valence-electron chi connectivity index (χ3n) is 5.80. The van der Waals surface area contributed by atoms with Crippen LogP contribution in [-0.2, 0) is 27.7 Å². The molecule has 2 N–H and O–H groups in total. The first-order valence-electron chi connectivity index (χ1n) is 9.74. The van der Waals surface area contributed by atoms with E-state index in [0.717, 1.165) is 35.6 Å². The van der Waals surface area contributed by atoms with Gasteiger partial charge in [0.2, 0.25) is 0 Å². The minimum absolute atomic E-state index is 0.0281. The lowest BCUT2D eigenvalue weighted by molar-refractivity contribution is -0.0599. The molecule has 10 heteroatoms. The van der Waals surface area contributed by atoms with Crippen LogP contribution in [-0.4, -0.2) is 49.5 Å². The Balaban J connectivity index is 1.54. The van der Waals surface area contributed by atoms with E-state index in [-0.39, 0.29) is 23.1 Å². The molecule has 0 spiro atoms. The fourth-order valence-electron chi connectivity index (χ4n) is 4.29. The van der Waals surface area contributed by atoms with Crippen LogP contribution in [0.4, 0.5) is 13.6 Å². The van der Waals surface area contributed by atoms with Crippen LogP contribution in [0.25, 0.3) is 0 Å². The second-order valence-corrected chi connectivity index (χ2v) is 9.99. The number of amides is 1. The second kappa shape index (κ2) is 8.18. The van der Waals surface area contributed by atoms with Crippen LogP contribution in [0.1, 0.15) is 29.2 Å². The summed E-state index contributed by atoms with van der Waals surface area (Å²) in [6.45, 7) is 1.25. The summed E-state index contributed by atoms with van der Waals surface area (Å²) in [4.78, 5) is 13.7. The lowest BCUT2D eigenvalue weighted by Gasteiger charge is -2.40. The summed E-state index contributed by atoms with van der Waals surface area (Å²) in [7, 11) is -3.32. The van der Waals surface area contributed by atoms with Gasteiger partial charge in [0.25, 0.3) is 0 Å². The highest BCUT2D eigenvalue weighted by Gasteiger charge is 2.39. The van der Waals surface area contributed by atoms with Crippen LogP contribution in [0, 0.1) is 11.6 Å². The molecule has 2 heterocycles. The van der Waals surface area contributed by atoms with Crippen molar-refractivity contribution in [1.29, 1.82) is 0 Å². The molecule has 31 heavy (non-hydrogen) atoms. The maximum atomic E-state index is 14.3. The SMILES string of the molecule is CS(=O)(=O)c1ccc2c(c1)CN([C@H]1COC(c3cc(F)ccc3F)[C@@H](NC(=O)O)C1)C2. The van der Waals surface area contributed by atoms with Gasteiger partial charge in [-0.05, 0) is 47.9 Å². The van der Waals surface area contributed by atoms with Gasteiger partial charge in [0, 0.05) is 31.0 Å². The molecule has 7 nitrogen and oxygen atoms in total. The Bertz CT molecular complexity index is 1120. The van der Waals surface area contributed by atoms with E-state index in [1.807, 2.05) is 0 Å². The number of benzene rings is 2. The van der Waals surface area contributed by atoms with Gasteiger partial charge in [0.15, 0.2) is 9.84 Å². The Labute approximate surface area is 178 Å². The molecule has 0 bridgehead atoms.